The van der Waals surface area contributed by atoms with E-state index in [4.69, 9.17) is 16.3 Å². The maximum Gasteiger partial charge on any atom is 0.247 e. The van der Waals surface area contributed by atoms with Gasteiger partial charge >= 0.3 is 0 Å². The quantitative estimate of drug-likeness (QED) is 0.698. The lowest BCUT2D eigenvalue weighted by atomic mass is 10.1. The van der Waals surface area contributed by atoms with Gasteiger partial charge in [0.15, 0.2) is 0 Å². The van der Waals surface area contributed by atoms with Crippen LogP contribution >= 0.6 is 11.6 Å². The highest BCUT2D eigenvalue weighted by atomic mass is 35.5. The molecule has 1 aliphatic rings. The molecule has 0 aliphatic carbocycles. The third-order valence-electron chi connectivity index (χ3n) is 4.97. The minimum absolute atomic E-state index is 0.0572. The predicted octanol–water partition coefficient (Wildman–Crippen LogP) is 2.28. The number of aryl methyl sites for hydroxylation is 1. The van der Waals surface area contributed by atoms with Crippen LogP contribution in [0.4, 0.5) is 0 Å². The first kappa shape index (κ1) is 22.6. The first-order valence-electron chi connectivity index (χ1n) is 9.69. The summed E-state index contributed by atoms with van der Waals surface area (Å²) in [5, 5.41) is 3.47. The summed E-state index contributed by atoms with van der Waals surface area (Å²) in [6.07, 6.45) is 0. The zero-order valence-corrected chi connectivity index (χ0v) is 18.7. The second-order valence-corrected chi connectivity index (χ2v) is 9.53. The fourth-order valence-corrected chi connectivity index (χ4v) is 5.19. The van der Waals surface area contributed by atoms with Gasteiger partial charge in [-0.05, 0) is 30.7 Å². The van der Waals surface area contributed by atoms with Gasteiger partial charge in [-0.25, -0.2) is 8.42 Å². The smallest absolute Gasteiger partial charge is 0.247 e. The number of nitrogens with zero attached hydrogens (tertiary/aromatic N) is 2. The van der Waals surface area contributed by atoms with Crippen molar-refractivity contribution < 1.29 is 17.9 Å². The van der Waals surface area contributed by atoms with Gasteiger partial charge in [0.1, 0.15) is 10.6 Å². The van der Waals surface area contributed by atoms with Gasteiger partial charge < -0.3 is 15.0 Å². The zero-order chi connectivity index (χ0) is 21.7. The third kappa shape index (κ3) is 5.31. The Bertz CT molecular complexity index is 1010. The molecule has 0 spiro atoms. The Labute approximate surface area is 182 Å². The van der Waals surface area contributed by atoms with Crippen LogP contribution in [-0.2, 0) is 21.4 Å². The fraction of sp³-hybridized carbons (Fsp3) is 0.381. The highest BCUT2D eigenvalue weighted by Gasteiger charge is 2.31. The molecule has 3 rings (SSSR count). The molecule has 7 nitrogen and oxygen atoms in total. The molecule has 2 aromatic rings. The van der Waals surface area contributed by atoms with Crippen molar-refractivity contribution in [1.29, 1.82) is 0 Å². The van der Waals surface area contributed by atoms with E-state index in [1.807, 2.05) is 31.2 Å². The van der Waals surface area contributed by atoms with Gasteiger partial charge in [-0.15, -0.1) is 0 Å². The van der Waals surface area contributed by atoms with Crippen molar-refractivity contribution in [3.8, 4) is 5.75 Å². The second-order valence-electron chi connectivity index (χ2n) is 7.19. The van der Waals surface area contributed by atoms with Gasteiger partial charge in [-0.2, -0.15) is 4.31 Å². The SMILES string of the molecule is COc1ccc(Cl)cc1S(=O)(=O)N(CC(=O)N1CCNCC1)Cc1cccc(C)c1. The maximum absolute atomic E-state index is 13.6. The van der Waals surface area contributed by atoms with Crippen molar-refractivity contribution in [3.63, 3.8) is 0 Å². The molecule has 0 bridgehead atoms. The molecule has 0 unspecified atom stereocenters. The average molecular weight is 452 g/mol. The fourth-order valence-electron chi connectivity index (χ4n) is 3.40. The molecule has 1 aliphatic heterocycles. The van der Waals surface area contributed by atoms with Crippen LogP contribution in [0.15, 0.2) is 47.4 Å². The van der Waals surface area contributed by atoms with Crippen molar-refractivity contribution in [3.05, 3.63) is 58.6 Å². The summed E-state index contributed by atoms with van der Waals surface area (Å²) < 4.78 is 33.6. The summed E-state index contributed by atoms with van der Waals surface area (Å²) >= 11 is 6.07. The van der Waals surface area contributed by atoms with Crippen molar-refractivity contribution in [2.45, 2.75) is 18.4 Å². The number of benzene rings is 2. The van der Waals surface area contributed by atoms with Gasteiger partial charge in [0.2, 0.25) is 15.9 Å². The van der Waals surface area contributed by atoms with E-state index in [1.165, 1.54) is 23.5 Å². The highest BCUT2D eigenvalue weighted by molar-refractivity contribution is 7.89. The molecule has 0 saturated carbocycles. The Morgan fingerprint density at radius 3 is 2.60 bits per heavy atom. The maximum atomic E-state index is 13.6. The summed E-state index contributed by atoms with van der Waals surface area (Å²) in [6.45, 7) is 4.24. The Kier molecular flexibility index (Phi) is 7.36. The minimum atomic E-state index is -4.05. The normalized spacial score (nSPS) is 14.7. The molecular weight excluding hydrogens is 426 g/mol. The van der Waals surface area contributed by atoms with Crippen LogP contribution in [0.5, 0.6) is 5.75 Å². The molecule has 162 valence electrons. The molecule has 0 radical (unpaired) electrons. The number of hydrogen-bond acceptors (Lipinski definition) is 5. The largest absolute Gasteiger partial charge is 0.495 e. The molecule has 0 aromatic heterocycles. The van der Waals surface area contributed by atoms with Gasteiger partial charge in [0.25, 0.3) is 0 Å². The second kappa shape index (κ2) is 9.78. The zero-order valence-electron chi connectivity index (χ0n) is 17.1. The molecular formula is C21H26ClN3O4S. The molecule has 1 saturated heterocycles. The number of halogens is 1. The number of sulfonamides is 1. The molecule has 1 heterocycles. The molecule has 1 amide bonds. The summed E-state index contributed by atoms with van der Waals surface area (Å²) in [5.41, 5.74) is 1.81. The van der Waals surface area contributed by atoms with Gasteiger partial charge in [0, 0.05) is 37.7 Å². The van der Waals surface area contributed by atoms with E-state index in [9.17, 15) is 13.2 Å². The van der Waals surface area contributed by atoms with Crippen molar-refractivity contribution in [1.82, 2.24) is 14.5 Å². The predicted molar refractivity (Wildman–Crippen MR) is 116 cm³/mol. The lowest BCUT2D eigenvalue weighted by Gasteiger charge is -2.30. The number of rotatable bonds is 7. The average Bonchev–Trinajstić information content (AvgIpc) is 2.74. The van der Waals surface area contributed by atoms with Crippen LogP contribution in [0.2, 0.25) is 5.02 Å². The van der Waals surface area contributed by atoms with E-state index in [0.717, 1.165) is 11.1 Å². The molecule has 30 heavy (non-hydrogen) atoms. The monoisotopic (exact) mass is 451 g/mol. The minimum Gasteiger partial charge on any atom is -0.495 e. The lowest BCUT2D eigenvalue weighted by Crippen LogP contribution is -2.50. The van der Waals surface area contributed by atoms with Crippen LogP contribution in [-0.4, -0.2) is 63.4 Å². The summed E-state index contributed by atoms with van der Waals surface area (Å²) in [6, 6.07) is 12.0. The lowest BCUT2D eigenvalue weighted by molar-refractivity contribution is -0.132. The van der Waals surface area contributed by atoms with E-state index in [-0.39, 0.29) is 34.7 Å². The van der Waals surface area contributed by atoms with Gasteiger partial charge in [-0.3, -0.25) is 4.79 Å². The van der Waals surface area contributed by atoms with Crippen molar-refractivity contribution in [2.24, 2.45) is 0 Å². The molecule has 0 atom stereocenters. The molecule has 9 heteroatoms. The molecule has 1 fully saturated rings. The Hall–Kier alpha value is -2.13. The Balaban J connectivity index is 1.97. The Morgan fingerprint density at radius 1 is 1.20 bits per heavy atom. The van der Waals surface area contributed by atoms with Crippen LogP contribution in [0.3, 0.4) is 0 Å². The summed E-state index contributed by atoms with van der Waals surface area (Å²) in [7, 11) is -2.65. The number of nitrogens with one attached hydrogen (secondary N) is 1. The number of carbonyl (C=O) groups excluding carboxylic acids is 1. The van der Waals surface area contributed by atoms with E-state index in [2.05, 4.69) is 5.32 Å². The van der Waals surface area contributed by atoms with Crippen LogP contribution < -0.4 is 10.1 Å². The van der Waals surface area contributed by atoms with Crippen LogP contribution in [0, 0.1) is 6.92 Å². The number of methoxy groups -OCH3 is 1. The van der Waals surface area contributed by atoms with Gasteiger partial charge in [-0.1, -0.05) is 41.4 Å². The number of carbonyl (C=O) groups is 1. The summed E-state index contributed by atoms with van der Waals surface area (Å²) in [5.74, 6) is -0.0445. The van der Waals surface area contributed by atoms with Crippen LogP contribution in [0.1, 0.15) is 11.1 Å². The highest BCUT2D eigenvalue weighted by Crippen LogP contribution is 2.30. The first-order chi connectivity index (χ1) is 14.3. The van der Waals surface area contributed by atoms with Gasteiger partial charge in [0.05, 0.1) is 13.7 Å². The summed E-state index contributed by atoms with van der Waals surface area (Å²) in [4.78, 5) is 14.5. The number of hydrogen-bond donors (Lipinski definition) is 1. The first-order valence-corrected chi connectivity index (χ1v) is 11.5. The van der Waals surface area contributed by atoms with Crippen molar-refractivity contribution in [2.75, 3.05) is 39.8 Å². The third-order valence-corrected chi connectivity index (χ3v) is 7.01. The van der Waals surface area contributed by atoms with E-state index >= 15 is 0 Å². The Morgan fingerprint density at radius 2 is 1.93 bits per heavy atom. The van der Waals surface area contributed by atoms with E-state index < -0.39 is 10.0 Å². The number of ether oxygens (including phenoxy) is 1. The van der Waals surface area contributed by atoms with E-state index in [1.54, 1.807) is 11.0 Å². The van der Waals surface area contributed by atoms with Crippen LogP contribution in [0.25, 0.3) is 0 Å². The topological polar surface area (TPSA) is 79.0 Å². The molecule has 2 aromatic carbocycles. The standard InChI is InChI=1S/C21H26ClN3O4S/c1-16-4-3-5-17(12-16)14-25(15-21(26)24-10-8-23-9-11-24)30(27,28)20-13-18(22)6-7-19(20)29-2/h3-7,12-13,23H,8-11,14-15H2,1-2H3. The van der Waals surface area contributed by atoms with Crippen molar-refractivity contribution >= 4 is 27.5 Å². The van der Waals surface area contributed by atoms with E-state index in [0.29, 0.717) is 26.2 Å². The molecule has 1 N–H and O–H groups in total. The number of piperazine rings is 1. The number of amides is 1.